The number of aliphatic hydroxyl groups is 1. The van der Waals surface area contributed by atoms with E-state index in [2.05, 4.69) is 27.7 Å². The lowest BCUT2D eigenvalue weighted by Gasteiger charge is -2.25. The minimum absolute atomic E-state index is 0.0525. The Bertz CT molecular complexity index is 107. The van der Waals surface area contributed by atoms with Crippen molar-refractivity contribution in [1.29, 1.82) is 0 Å². The van der Waals surface area contributed by atoms with Gasteiger partial charge in [0.2, 0.25) is 0 Å². The molecule has 0 heterocycles. The van der Waals surface area contributed by atoms with Crippen molar-refractivity contribution in [3.63, 3.8) is 0 Å². The Morgan fingerprint density at radius 3 is 2.33 bits per heavy atom. The second-order valence-electron chi connectivity index (χ2n) is 4.22. The monoisotopic (exact) mass is 190 g/mol. The molecule has 0 aromatic carbocycles. The molecule has 0 aliphatic heterocycles. The molecule has 1 nitrogen and oxygen atoms in total. The van der Waals surface area contributed by atoms with Crippen LogP contribution in [0.4, 0.5) is 0 Å². The van der Waals surface area contributed by atoms with Crippen molar-refractivity contribution >= 4 is 11.8 Å². The van der Waals surface area contributed by atoms with Crippen LogP contribution in [0.3, 0.4) is 0 Å². The van der Waals surface area contributed by atoms with Gasteiger partial charge in [0.05, 0.1) is 6.10 Å². The van der Waals surface area contributed by atoms with E-state index in [4.69, 9.17) is 0 Å². The van der Waals surface area contributed by atoms with Crippen molar-refractivity contribution in [3.05, 3.63) is 0 Å². The Kier molecular flexibility index (Phi) is 6.02. The summed E-state index contributed by atoms with van der Waals surface area (Å²) in [6, 6.07) is 0. The first-order valence-corrected chi connectivity index (χ1v) is 5.89. The average Bonchev–Trinajstić information content (AvgIpc) is 1.96. The fourth-order valence-electron chi connectivity index (χ4n) is 0.956. The Labute approximate surface area is 80.9 Å². The summed E-state index contributed by atoms with van der Waals surface area (Å²) in [7, 11) is 0. The van der Waals surface area contributed by atoms with Crippen LogP contribution in [0.2, 0.25) is 0 Å². The molecule has 74 valence electrons. The van der Waals surface area contributed by atoms with Crippen molar-refractivity contribution < 1.29 is 5.11 Å². The second kappa shape index (κ2) is 5.87. The van der Waals surface area contributed by atoms with Gasteiger partial charge in [0, 0.05) is 0 Å². The van der Waals surface area contributed by atoms with Crippen LogP contribution in [0.5, 0.6) is 0 Å². The van der Waals surface area contributed by atoms with E-state index < -0.39 is 0 Å². The summed E-state index contributed by atoms with van der Waals surface area (Å²) in [5.74, 6) is 2.37. The maximum Gasteiger partial charge on any atom is 0.0588 e. The molecule has 1 N–H and O–H groups in total. The van der Waals surface area contributed by atoms with Crippen LogP contribution in [0.15, 0.2) is 0 Å². The highest BCUT2D eigenvalue weighted by Gasteiger charge is 2.20. The van der Waals surface area contributed by atoms with E-state index in [9.17, 15) is 5.11 Å². The normalized spacial score (nSPS) is 14.8. The fraction of sp³-hybridized carbons (Fsp3) is 1.00. The summed E-state index contributed by atoms with van der Waals surface area (Å²) in [4.78, 5) is 0. The van der Waals surface area contributed by atoms with Gasteiger partial charge >= 0.3 is 0 Å². The molecule has 2 heteroatoms. The summed E-state index contributed by atoms with van der Waals surface area (Å²) in [5.41, 5.74) is 0.0525. The van der Waals surface area contributed by atoms with Gasteiger partial charge in [-0.15, -0.1) is 0 Å². The third kappa shape index (κ3) is 5.90. The van der Waals surface area contributed by atoms with E-state index in [1.807, 2.05) is 11.8 Å². The van der Waals surface area contributed by atoms with Crippen molar-refractivity contribution in [2.24, 2.45) is 5.41 Å². The highest BCUT2D eigenvalue weighted by molar-refractivity contribution is 7.99. The SMILES string of the molecule is CCSCCCC(O)C(C)(C)C. The predicted molar refractivity (Wildman–Crippen MR) is 57.7 cm³/mol. The maximum absolute atomic E-state index is 9.68. The molecule has 12 heavy (non-hydrogen) atoms. The molecule has 0 spiro atoms. The molecule has 0 saturated carbocycles. The highest BCUT2D eigenvalue weighted by atomic mass is 32.2. The van der Waals surface area contributed by atoms with E-state index in [1.165, 1.54) is 11.5 Å². The summed E-state index contributed by atoms with van der Waals surface area (Å²) >= 11 is 1.95. The van der Waals surface area contributed by atoms with Crippen LogP contribution >= 0.6 is 11.8 Å². The van der Waals surface area contributed by atoms with Crippen molar-refractivity contribution in [2.75, 3.05) is 11.5 Å². The minimum atomic E-state index is -0.144. The van der Waals surface area contributed by atoms with Crippen LogP contribution in [0.1, 0.15) is 40.5 Å². The number of rotatable bonds is 5. The third-order valence-corrected chi connectivity index (χ3v) is 2.96. The first-order chi connectivity index (χ1) is 5.48. The summed E-state index contributed by atoms with van der Waals surface area (Å²) in [5, 5.41) is 9.68. The van der Waals surface area contributed by atoms with Crippen molar-refractivity contribution in [1.82, 2.24) is 0 Å². The van der Waals surface area contributed by atoms with E-state index >= 15 is 0 Å². The van der Waals surface area contributed by atoms with E-state index in [-0.39, 0.29) is 11.5 Å². The fourth-order valence-corrected chi connectivity index (χ4v) is 1.62. The van der Waals surface area contributed by atoms with E-state index in [0.29, 0.717) is 0 Å². The molecular weight excluding hydrogens is 168 g/mol. The van der Waals surface area contributed by atoms with E-state index in [1.54, 1.807) is 0 Å². The van der Waals surface area contributed by atoms with E-state index in [0.717, 1.165) is 12.8 Å². The van der Waals surface area contributed by atoms with Gasteiger partial charge in [-0.05, 0) is 29.8 Å². The zero-order valence-electron chi connectivity index (χ0n) is 8.76. The summed E-state index contributed by atoms with van der Waals surface area (Å²) < 4.78 is 0. The van der Waals surface area contributed by atoms with Gasteiger partial charge in [0.15, 0.2) is 0 Å². The van der Waals surface area contributed by atoms with Crippen LogP contribution < -0.4 is 0 Å². The molecule has 1 atom stereocenters. The smallest absolute Gasteiger partial charge is 0.0588 e. The lowest BCUT2D eigenvalue weighted by Crippen LogP contribution is -2.25. The largest absolute Gasteiger partial charge is 0.393 e. The second-order valence-corrected chi connectivity index (χ2v) is 5.61. The summed E-state index contributed by atoms with van der Waals surface area (Å²) in [6.07, 6.45) is 1.93. The molecule has 0 aliphatic rings. The van der Waals surface area contributed by atoms with Gasteiger partial charge in [-0.2, -0.15) is 11.8 Å². The van der Waals surface area contributed by atoms with Gasteiger partial charge in [-0.3, -0.25) is 0 Å². The molecule has 0 saturated heterocycles. The number of thioether (sulfide) groups is 1. The zero-order valence-corrected chi connectivity index (χ0v) is 9.58. The molecule has 0 amide bonds. The molecule has 0 bridgehead atoms. The average molecular weight is 190 g/mol. The topological polar surface area (TPSA) is 20.2 Å². The number of hydrogen-bond acceptors (Lipinski definition) is 2. The zero-order chi connectivity index (χ0) is 9.61. The Morgan fingerprint density at radius 2 is 1.92 bits per heavy atom. The van der Waals surface area contributed by atoms with Gasteiger partial charge in [-0.1, -0.05) is 27.7 Å². The Morgan fingerprint density at radius 1 is 1.33 bits per heavy atom. The lowest BCUT2D eigenvalue weighted by molar-refractivity contribution is 0.0553. The Balaban J connectivity index is 3.38. The molecule has 0 radical (unpaired) electrons. The van der Waals surface area contributed by atoms with Crippen molar-refractivity contribution in [3.8, 4) is 0 Å². The first-order valence-electron chi connectivity index (χ1n) is 4.74. The lowest BCUT2D eigenvalue weighted by atomic mass is 9.87. The number of aliphatic hydroxyl groups excluding tert-OH is 1. The van der Waals surface area contributed by atoms with Gasteiger partial charge in [0.1, 0.15) is 0 Å². The van der Waals surface area contributed by atoms with Crippen LogP contribution in [0.25, 0.3) is 0 Å². The predicted octanol–water partition coefficient (Wildman–Crippen LogP) is 2.93. The van der Waals surface area contributed by atoms with Gasteiger partial charge in [0.25, 0.3) is 0 Å². The standard InChI is InChI=1S/C10H22OS/c1-5-12-8-6-7-9(11)10(2,3)4/h9,11H,5-8H2,1-4H3. The van der Waals surface area contributed by atoms with Crippen LogP contribution in [0, 0.1) is 5.41 Å². The molecule has 0 aromatic heterocycles. The molecule has 0 aromatic rings. The minimum Gasteiger partial charge on any atom is -0.393 e. The molecule has 0 fully saturated rings. The summed E-state index contributed by atoms with van der Waals surface area (Å²) in [6.45, 7) is 8.44. The van der Waals surface area contributed by atoms with Crippen LogP contribution in [-0.2, 0) is 0 Å². The number of hydrogen-bond donors (Lipinski definition) is 1. The molecule has 0 rings (SSSR count). The maximum atomic E-state index is 9.68. The van der Waals surface area contributed by atoms with Crippen LogP contribution in [-0.4, -0.2) is 22.7 Å². The molecule has 1 unspecified atom stereocenters. The van der Waals surface area contributed by atoms with Crippen molar-refractivity contribution in [2.45, 2.75) is 46.6 Å². The molecular formula is C10H22OS. The van der Waals surface area contributed by atoms with Gasteiger partial charge < -0.3 is 5.11 Å². The first kappa shape index (κ1) is 12.3. The quantitative estimate of drug-likeness (QED) is 0.673. The third-order valence-electron chi connectivity index (χ3n) is 1.97. The Hall–Kier alpha value is 0.310. The molecule has 0 aliphatic carbocycles. The van der Waals surface area contributed by atoms with Gasteiger partial charge in [-0.25, -0.2) is 0 Å². The highest BCUT2D eigenvalue weighted by Crippen LogP contribution is 2.23.